The maximum atomic E-state index is 5.96. The zero-order valence-electron chi connectivity index (χ0n) is 7.81. The molecule has 0 fully saturated rings. The van der Waals surface area contributed by atoms with Gasteiger partial charge in [0.15, 0.2) is 0 Å². The second-order valence-electron chi connectivity index (χ2n) is 3.60. The van der Waals surface area contributed by atoms with Gasteiger partial charge < -0.3 is 5.32 Å². The van der Waals surface area contributed by atoms with Gasteiger partial charge in [0, 0.05) is 23.2 Å². The van der Waals surface area contributed by atoms with E-state index in [1.165, 1.54) is 24.1 Å². The molecule has 70 valence electrons. The van der Waals surface area contributed by atoms with Crippen LogP contribution >= 0.6 is 11.6 Å². The van der Waals surface area contributed by atoms with Crippen molar-refractivity contribution in [2.75, 3.05) is 11.9 Å². The fraction of sp³-hybridized carbons (Fsp3) is 0.455. The van der Waals surface area contributed by atoms with Crippen molar-refractivity contribution in [1.82, 2.24) is 0 Å². The number of rotatable bonds is 2. The van der Waals surface area contributed by atoms with Crippen LogP contribution in [0, 0.1) is 0 Å². The predicted molar refractivity (Wildman–Crippen MR) is 57.6 cm³/mol. The van der Waals surface area contributed by atoms with Gasteiger partial charge in [-0.3, -0.25) is 0 Å². The Balaban J connectivity index is 2.29. The Labute approximate surface area is 84.1 Å². The van der Waals surface area contributed by atoms with Crippen LogP contribution in [0.3, 0.4) is 0 Å². The van der Waals surface area contributed by atoms with E-state index in [4.69, 9.17) is 11.6 Å². The Morgan fingerprint density at radius 2 is 2.38 bits per heavy atom. The lowest BCUT2D eigenvalue weighted by Crippen LogP contribution is -2.00. The number of benzene rings is 1. The van der Waals surface area contributed by atoms with Gasteiger partial charge in [0.2, 0.25) is 0 Å². The minimum Gasteiger partial charge on any atom is -0.384 e. The van der Waals surface area contributed by atoms with Crippen molar-refractivity contribution in [3.05, 3.63) is 28.8 Å². The fourth-order valence-electron chi connectivity index (χ4n) is 1.98. The highest BCUT2D eigenvalue weighted by Gasteiger charge is 2.20. The minimum absolute atomic E-state index is 0.665. The molecular formula is C11H14ClN. The van der Waals surface area contributed by atoms with Gasteiger partial charge in [0.1, 0.15) is 0 Å². The van der Waals surface area contributed by atoms with Crippen molar-refractivity contribution < 1.29 is 0 Å². The molecule has 0 aliphatic carbocycles. The summed E-state index contributed by atoms with van der Waals surface area (Å²) in [7, 11) is 0. The van der Waals surface area contributed by atoms with E-state index < -0.39 is 0 Å². The topological polar surface area (TPSA) is 12.0 Å². The van der Waals surface area contributed by atoms with Gasteiger partial charge in [-0.1, -0.05) is 24.9 Å². The van der Waals surface area contributed by atoms with Crippen LogP contribution in [-0.2, 0) is 0 Å². The number of fused-ring (bicyclic) bond motifs is 1. The van der Waals surface area contributed by atoms with Gasteiger partial charge in [-0.25, -0.2) is 0 Å². The molecule has 0 saturated carbocycles. The number of nitrogens with one attached hydrogen (secondary N) is 1. The molecule has 0 amide bonds. The summed E-state index contributed by atoms with van der Waals surface area (Å²) >= 11 is 5.96. The zero-order valence-corrected chi connectivity index (χ0v) is 8.56. The summed E-state index contributed by atoms with van der Waals surface area (Å²) in [5.74, 6) is 0.665. The molecule has 1 aliphatic rings. The summed E-state index contributed by atoms with van der Waals surface area (Å²) in [4.78, 5) is 0. The summed E-state index contributed by atoms with van der Waals surface area (Å²) in [6.07, 6.45) is 2.48. The lowest BCUT2D eigenvalue weighted by atomic mass is 9.97. The van der Waals surface area contributed by atoms with E-state index >= 15 is 0 Å². The first-order chi connectivity index (χ1) is 6.31. The molecule has 0 aromatic heterocycles. The van der Waals surface area contributed by atoms with E-state index in [-0.39, 0.29) is 0 Å². The molecule has 1 atom stereocenters. The van der Waals surface area contributed by atoms with E-state index in [0.717, 1.165) is 11.6 Å². The lowest BCUT2D eigenvalue weighted by molar-refractivity contribution is 0.661. The van der Waals surface area contributed by atoms with Gasteiger partial charge in [-0.15, -0.1) is 0 Å². The van der Waals surface area contributed by atoms with Crippen LogP contribution in [0.4, 0.5) is 5.69 Å². The summed E-state index contributed by atoms with van der Waals surface area (Å²) in [5.41, 5.74) is 2.66. The van der Waals surface area contributed by atoms with E-state index in [1.54, 1.807) is 0 Å². The standard InChI is InChI=1S/C11H14ClN/c1-2-3-8-7-13-11-5-4-9(12)6-10(8)11/h4-6,8,13H,2-3,7H2,1H3/t8-/m0/s1. The summed E-state index contributed by atoms with van der Waals surface area (Å²) in [6, 6.07) is 6.12. The van der Waals surface area contributed by atoms with Crippen molar-refractivity contribution in [2.45, 2.75) is 25.7 Å². The highest BCUT2D eigenvalue weighted by atomic mass is 35.5. The third kappa shape index (κ3) is 1.66. The third-order valence-electron chi connectivity index (χ3n) is 2.63. The van der Waals surface area contributed by atoms with Crippen molar-refractivity contribution in [3.8, 4) is 0 Å². The molecule has 1 aromatic rings. The Kier molecular flexibility index (Phi) is 2.45. The largest absolute Gasteiger partial charge is 0.384 e. The summed E-state index contributed by atoms with van der Waals surface area (Å²) in [5, 5.41) is 4.25. The van der Waals surface area contributed by atoms with Crippen LogP contribution in [-0.4, -0.2) is 6.54 Å². The van der Waals surface area contributed by atoms with Gasteiger partial charge in [-0.2, -0.15) is 0 Å². The molecule has 0 spiro atoms. The van der Waals surface area contributed by atoms with Gasteiger partial charge >= 0.3 is 0 Å². The monoisotopic (exact) mass is 195 g/mol. The molecule has 0 saturated heterocycles. The quantitative estimate of drug-likeness (QED) is 0.760. The van der Waals surface area contributed by atoms with Crippen LogP contribution in [0.15, 0.2) is 18.2 Å². The zero-order chi connectivity index (χ0) is 9.26. The Morgan fingerprint density at radius 3 is 3.15 bits per heavy atom. The lowest BCUT2D eigenvalue weighted by Gasteiger charge is -2.07. The van der Waals surface area contributed by atoms with E-state index in [2.05, 4.69) is 24.4 Å². The second-order valence-corrected chi connectivity index (χ2v) is 4.03. The van der Waals surface area contributed by atoms with Crippen LogP contribution in [0.1, 0.15) is 31.2 Å². The van der Waals surface area contributed by atoms with E-state index in [9.17, 15) is 0 Å². The molecule has 1 heterocycles. The highest BCUT2D eigenvalue weighted by Crippen LogP contribution is 2.35. The molecule has 2 heteroatoms. The van der Waals surface area contributed by atoms with Crippen molar-refractivity contribution in [2.24, 2.45) is 0 Å². The Bertz CT molecular complexity index is 307. The number of hydrogen-bond acceptors (Lipinski definition) is 1. The van der Waals surface area contributed by atoms with Gasteiger partial charge in [-0.05, 0) is 30.2 Å². The average molecular weight is 196 g/mol. The SMILES string of the molecule is CCC[C@H]1CNc2ccc(Cl)cc21. The molecule has 0 unspecified atom stereocenters. The van der Waals surface area contributed by atoms with Crippen molar-refractivity contribution >= 4 is 17.3 Å². The molecule has 1 nitrogen and oxygen atoms in total. The third-order valence-corrected chi connectivity index (χ3v) is 2.86. The van der Waals surface area contributed by atoms with Gasteiger partial charge in [0.05, 0.1) is 0 Å². The number of anilines is 1. The Hall–Kier alpha value is -0.690. The van der Waals surface area contributed by atoms with Crippen LogP contribution in [0.25, 0.3) is 0 Å². The van der Waals surface area contributed by atoms with Crippen molar-refractivity contribution in [3.63, 3.8) is 0 Å². The molecule has 0 bridgehead atoms. The smallest absolute Gasteiger partial charge is 0.0410 e. The first-order valence-electron chi connectivity index (χ1n) is 4.84. The van der Waals surface area contributed by atoms with Gasteiger partial charge in [0.25, 0.3) is 0 Å². The summed E-state index contributed by atoms with van der Waals surface area (Å²) in [6.45, 7) is 3.30. The first-order valence-corrected chi connectivity index (χ1v) is 5.22. The second kappa shape index (κ2) is 3.59. The molecule has 13 heavy (non-hydrogen) atoms. The maximum absolute atomic E-state index is 5.96. The van der Waals surface area contributed by atoms with Crippen LogP contribution in [0.5, 0.6) is 0 Å². The normalized spacial score (nSPS) is 19.7. The molecule has 1 aliphatic heterocycles. The maximum Gasteiger partial charge on any atom is 0.0410 e. The number of hydrogen-bond donors (Lipinski definition) is 1. The molecule has 0 radical (unpaired) electrons. The van der Waals surface area contributed by atoms with Crippen molar-refractivity contribution in [1.29, 1.82) is 0 Å². The van der Waals surface area contributed by atoms with E-state index in [1.807, 2.05) is 6.07 Å². The van der Waals surface area contributed by atoms with Crippen LogP contribution < -0.4 is 5.32 Å². The Morgan fingerprint density at radius 1 is 1.54 bits per heavy atom. The predicted octanol–water partition coefficient (Wildman–Crippen LogP) is 3.65. The summed E-state index contributed by atoms with van der Waals surface area (Å²) < 4.78 is 0. The molecule has 1 N–H and O–H groups in total. The molecule has 2 rings (SSSR count). The molecular weight excluding hydrogens is 182 g/mol. The minimum atomic E-state index is 0.665. The molecule has 1 aromatic carbocycles. The highest BCUT2D eigenvalue weighted by molar-refractivity contribution is 6.30. The van der Waals surface area contributed by atoms with E-state index in [0.29, 0.717) is 5.92 Å². The fourth-order valence-corrected chi connectivity index (χ4v) is 2.16. The average Bonchev–Trinajstić information content (AvgIpc) is 2.49. The first kappa shape index (κ1) is 8.89. The van der Waals surface area contributed by atoms with Crippen LogP contribution in [0.2, 0.25) is 5.02 Å². The number of halogens is 1.